The second-order valence-electron chi connectivity index (χ2n) is 4.93. The van der Waals surface area contributed by atoms with Gasteiger partial charge in [-0.1, -0.05) is 6.07 Å². The molecule has 0 bridgehead atoms. The van der Waals surface area contributed by atoms with E-state index in [1.165, 1.54) is 5.56 Å². The largest absolute Gasteiger partial charge is 0.508 e. The van der Waals surface area contributed by atoms with Gasteiger partial charge in [0.15, 0.2) is 0 Å². The maximum absolute atomic E-state index is 11.2. The number of carboxylic acids is 1. The number of hydrogen-bond donors (Lipinski definition) is 2. The maximum atomic E-state index is 11.2. The molecule has 3 heteroatoms. The molecule has 1 saturated carbocycles. The Hall–Kier alpha value is -1.51. The van der Waals surface area contributed by atoms with E-state index in [1.807, 2.05) is 6.07 Å². The molecule has 2 aliphatic carbocycles. The zero-order valence-electron chi connectivity index (χ0n) is 8.94. The first-order valence-corrected chi connectivity index (χ1v) is 5.69. The fourth-order valence-electron chi connectivity index (χ4n) is 3.36. The summed E-state index contributed by atoms with van der Waals surface area (Å²) in [6, 6.07) is 5.38. The number of rotatable bonds is 1. The molecule has 1 fully saturated rings. The summed E-state index contributed by atoms with van der Waals surface area (Å²) < 4.78 is 0. The molecular weight excluding hydrogens is 204 g/mol. The lowest BCUT2D eigenvalue weighted by Gasteiger charge is -2.45. The topological polar surface area (TPSA) is 57.5 Å². The molecule has 0 unspecified atom stereocenters. The molecule has 0 amide bonds. The number of fused-ring (bicyclic) bond motifs is 2. The van der Waals surface area contributed by atoms with Crippen LogP contribution in [0.25, 0.3) is 0 Å². The molecule has 3 nitrogen and oxygen atoms in total. The number of carbonyl (C=O) groups is 1. The first kappa shape index (κ1) is 9.70. The van der Waals surface area contributed by atoms with Gasteiger partial charge in [-0.2, -0.15) is 0 Å². The van der Waals surface area contributed by atoms with E-state index >= 15 is 0 Å². The number of carboxylic acid groups (broad SMARTS) is 1. The molecule has 1 aromatic carbocycles. The van der Waals surface area contributed by atoms with Crippen LogP contribution in [-0.4, -0.2) is 16.2 Å². The van der Waals surface area contributed by atoms with Crippen LogP contribution < -0.4 is 0 Å². The molecule has 1 spiro atoms. The zero-order valence-corrected chi connectivity index (χ0v) is 8.94. The minimum atomic E-state index is -0.692. The van der Waals surface area contributed by atoms with Crippen LogP contribution in [-0.2, 0) is 16.6 Å². The van der Waals surface area contributed by atoms with Crippen molar-refractivity contribution in [3.05, 3.63) is 29.3 Å². The number of aryl methyl sites for hydroxylation is 1. The molecule has 0 aromatic heterocycles. The predicted octanol–water partition coefficient (Wildman–Crippen LogP) is 2.07. The van der Waals surface area contributed by atoms with E-state index in [0.717, 1.165) is 31.2 Å². The average molecular weight is 218 g/mol. The summed E-state index contributed by atoms with van der Waals surface area (Å²) in [6.07, 6.45) is 3.58. The van der Waals surface area contributed by atoms with Crippen LogP contribution in [0, 0.1) is 5.92 Å². The Morgan fingerprint density at radius 1 is 1.38 bits per heavy atom. The van der Waals surface area contributed by atoms with E-state index in [9.17, 15) is 15.0 Å². The zero-order chi connectivity index (χ0) is 11.3. The van der Waals surface area contributed by atoms with Gasteiger partial charge in [-0.05, 0) is 48.9 Å². The summed E-state index contributed by atoms with van der Waals surface area (Å²) >= 11 is 0. The highest BCUT2D eigenvalue weighted by atomic mass is 16.4. The third-order valence-electron chi connectivity index (χ3n) is 4.31. The Morgan fingerprint density at radius 3 is 2.81 bits per heavy atom. The van der Waals surface area contributed by atoms with Gasteiger partial charge < -0.3 is 10.2 Å². The highest BCUT2D eigenvalue weighted by molar-refractivity contribution is 5.75. The standard InChI is InChI=1S/C13H14O3/c14-9-2-1-8-3-5-13(11(8)7-9)6-4-10(13)12(15)16/h1-2,7,10,14H,3-6H2,(H,15,16)/t10-,13-/m1/s1. The summed E-state index contributed by atoms with van der Waals surface area (Å²) in [5.74, 6) is -0.700. The quantitative estimate of drug-likeness (QED) is 0.758. The summed E-state index contributed by atoms with van der Waals surface area (Å²) in [6.45, 7) is 0. The van der Waals surface area contributed by atoms with Crippen molar-refractivity contribution >= 4 is 5.97 Å². The number of hydrogen-bond acceptors (Lipinski definition) is 2. The number of phenolic OH excluding ortho intramolecular Hbond substituents is 1. The molecule has 1 aromatic rings. The van der Waals surface area contributed by atoms with Crippen molar-refractivity contribution in [2.45, 2.75) is 31.1 Å². The van der Waals surface area contributed by atoms with Crippen LogP contribution >= 0.6 is 0 Å². The number of benzene rings is 1. The molecule has 0 radical (unpaired) electrons. The van der Waals surface area contributed by atoms with Gasteiger partial charge >= 0.3 is 5.97 Å². The summed E-state index contributed by atoms with van der Waals surface area (Å²) in [5, 5.41) is 18.7. The Labute approximate surface area is 93.7 Å². The SMILES string of the molecule is O=C(O)[C@H]1CC[C@]12CCc1ccc(O)cc12. The molecule has 0 aliphatic heterocycles. The Morgan fingerprint density at radius 2 is 2.19 bits per heavy atom. The number of aliphatic carboxylic acids is 1. The molecule has 3 rings (SSSR count). The summed E-state index contributed by atoms with van der Waals surface area (Å²) in [7, 11) is 0. The first-order chi connectivity index (χ1) is 7.63. The smallest absolute Gasteiger partial charge is 0.307 e. The first-order valence-electron chi connectivity index (χ1n) is 5.69. The van der Waals surface area contributed by atoms with Crippen LogP contribution in [0.4, 0.5) is 0 Å². The van der Waals surface area contributed by atoms with E-state index in [-0.39, 0.29) is 17.1 Å². The van der Waals surface area contributed by atoms with Crippen molar-refractivity contribution in [2.75, 3.05) is 0 Å². The normalized spacial score (nSPS) is 31.1. The van der Waals surface area contributed by atoms with Gasteiger partial charge in [0.25, 0.3) is 0 Å². The lowest BCUT2D eigenvalue weighted by molar-refractivity contribution is -0.149. The summed E-state index contributed by atoms with van der Waals surface area (Å²) in [5.41, 5.74) is 2.11. The average Bonchev–Trinajstić information content (AvgIpc) is 2.55. The lowest BCUT2D eigenvalue weighted by atomic mass is 9.57. The van der Waals surface area contributed by atoms with Crippen molar-refractivity contribution in [2.24, 2.45) is 5.92 Å². The number of aromatic hydroxyl groups is 1. The van der Waals surface area contributed by atoms with E-state index < -0.39 is 5.97 Å². The van der Waals surface area contributed by atoms with Crippen molar-refractivity contribution < 1.29 is 15.0 Å². The fraction of sp³-hybridized carbons (Fsp3) is 0.462. The minimum absolute atomic E-state index is 0.181. The van der Waals surface area contributed by atoms with Gasteiger partial charge in [-0.3, -0.25) is 4.79 Å². The Kier molecular flexibility index (Phi) is 1.82. The molecular formula is C13H14O3. The molecule has 0 heterocycles. The van der Waals surface area contributed by atoms with Gasteiger partial charge in [0.05, 0.1) is 5.92 Å². The van der Waals surface area contributed by atoms with Crippen LogP contribution in [0.3, 0.4) is 0 Å². The van der Waals surface area contributed by atoms with Crippen molar-refractivity contribution in [1.82, 2.24) is 0 Å². The molecule has 84 valence electrons. The highest BCUT2D eigenvalue weighted by Crippen LogP contribution is 2.56. The van der Waals surface area contributed by atoms with Gasteiger partial charge in [-0.25, -0.2) is 0 Å². The van der Waals surface area contributed by atoms with Crippen LogP contribution in [0.15, 0.2) is 18.2 Å². The molecule has 16 heavy (non-hydrogen) atoms. The summed E-state index contributed by atoms with van der Waals surface area (Å²) in [4.78, 5) is 11.2. The molecule has 0 saturated heterocycles. The monoisotopic (exact) mass is 218 g/mol. The highest BCUT2D eigenvalue weighted by Gasteiger charge is 2.54. The lowest BCUT2D eigenvalue weighted by Crippen LogP contribution is -2.46. The van der Waals surface area contributed by atoms with Gasteiger partial charge in [0.2, 0.25) is 0 Å². The van der Waals surface area contributed by atoms with Crippen molar-refractivity contribution in [3.63, 3.8) is 0 Å². The van der Waals surface area contributed by atoms with Crippen molar-refractivity contribution in [3.8, 4) is 5.75 Å². The predicted molar refractivity (Wildman–Crippen MR) is 58.5 cm³/mol. The molecule has 2 N–H and O–H groups in total. The van der Waals surface area contributed by atoms with Gasteiger partial charge in [0.1, 0.15) is 5.75 Å². The Balaban J connectivity index is 2.08. The Bertz CT molecular complexity index is 466. The van der Waals surface area contributed by atoms with Crippen LogP contribution in [0.5, 0.6) is 5.75 Å². The fourth-order valence-corrected chi connectivity index (χ4v) is 3.36. The van der Waals surface area contributed by atoms with E-state index in [0.29, 0.717) is 0 Å². The molecule has 2 aliphatic rings. The third kappa shape index (κ3) is 1.06. The third-order valence-corrected chi connectivity index (χ3v) is 4.31. The maximum Gasteiger partial charge on any atom is 0.307 e. The van der Waals surface area contributed by atoms with E-state index in [2.05, 4.69) is 0 Å². The van der Waals surface area contributed by atoms with Crippen molar-refractivity contribution in [1.29, 1.82) is 0 Å². The number of phenols is 1. The van der Waals surface area contributed by atoms with E-state index in [4.69, 9.17) is 0 Å². The second-order valence-corrected chi connectivity index (χ2v) is 4.93. The molecule has 2 atom stereocenters. The minimum Gasteiger partial charge on any atom is -0.508 e. The van der Waals surface area contributed by atoms with E-state index in [1.54, 1.807) is 12.1 Å². The van der Waals surface area contributed by atoms with Gasteiger partial charge in [0, 0.05) is 5.41 Å². The van der Waals surface area contributed by atoms with Gasteiger partial charge in [-0.15, -0.1) is 0 Å². The second kappa shape index (κ2) is 3.00. The van der Waals surface area contributed by atoms with Crippen LogP contribution in [0.1, 0.15) is 30.4 Å². The van der Waals surface area contributed by atoms with Crippen LogP contribution in [0.2, 0.25) is 0 Å².